The lowest BCUT2D eigenvalue weighted by molar-refractivity contribution is -0.345. The molecule has 0 spiro atoms. The molecule has 62 valence electrons. The first-order valence-corrected chi connectivity index (χ1v) is 3.35. The van der Waals surface area contributed by atoms with Crippen molar-refractivity contribution in [2.75, 3.05) is 0 Å². The fourth-order valence-electron chi connectivity index (χ4n) is 0.940. The summed E-state index contributed by atoms with van der Waals surface area (Å²) >= 11 is 0. The second-order valence-corrected chi connectivity index (χ2v) is 2.29. The molecule has 1 aromatic carbocycles. The van der Waals surface area contributed by atoms with E-state index in [0.717, 1.165) is 0 Å². The van der Waals surface area contributed by atoms with Crippen LogP contribution in [0.1, 0.15) is 0 Å². The summed E-state index contributed by atoms with van der Waals surface area (Å²) in [5, 5.41) is 41.7. The second kappa shape index (κ2) is 3.73. The molecule has 1 rings (SSSR count). The van der Waals surface area contributed by atoms with Gasteiger partial charge in [0.1, 0.15) is 0 Å². The lowest BCUT2D eigenvalue weighted by Gasteiger charge is -2.37. The highest BCUT2D eigenvalue weighted by molar-refractivity contribution is 6.68. The Hall–Kier alpha value is -0.810. The summed E-state index contributed by atoms with van der Waals surface area (Å²) in [7, 11) is -4.52. The number of rotatable bonds is 2. The van der Waals surface area contributed by atoms with Crippen molar-refractivity contribution in [3.63, 3.8) is 0 Å². The third-order valence-corrected chi connectivity index (χ3v) is 1.50. The van der Waals surface area contributed by atoms with Gasteiger partial charge in [0.15, 0.2) is 0 Å². The first kappa shape index (κ1) is 9.28. The number of hydrogen-bond donors (Lipinski definition) is 0. The molecule has 0 saturated heterocycles. The van der Waals surface area contributed by atoms with Crippen LogP contribution in [0.25, 0.3) is 0 Å². The van der Waals surface area contributed by atoms with E-state index in [-0.39, 0.29) is 10.9 Å². The summed E-state index contributed by atoms with van der Waals surface area (Å²) in [5.74, 6) is 0. The predicted octanol–water partition coefficient (Wildman–Crippen LogP) is -5.48. The Balaban J connectivity index is 3.09. The molecule has 6 heteroatoms. The van der Waals surface area contributed by atoms with Gasteiger partial charge in [0.25, 0.3) is 0 Å². The maximum absolute atomic E-state index is 10.4. The maximum Gasteiger partial charge on any atom is -0.0630 e. The van der Waals surface area contributed by atoms with Crippen molar-refractivity contribution in [2.24, 2.45) is 0 Å². The molecule has 0 atom stereocenters. The van der Waals surface area contributed by atoms with Gasteiger partial charge in [-0.3, -0.25) is 0 Å². The van der Waals surface area contributed by atoms with Gasteiger partial charge in [0.2, 0.25) is 0 Å². The lowest BCUT2D eigenvalue weighted by atomic mass is 9.66. The molecular weight excluding hydrogens is 158 g/mol. The molecule has 0 aliphatic heterocycles. The van der Waals surface area contributed by atoms with Crippen molar-refractivity contribution >= 4 is 25.2 Å². The van der Waals surface area contributed by atoms with Crippen LogP contribution in [0.4, 0.5) is 0 Å². The molecule has 0 fully saturated rings. The highest BCUT2D eigenvalue weighted by Crippen LogP contribution is 1.79. The molecule has 0 radical (unpaired) electrons. The normalized spacial score (nSPS) is 9.67. The van der Waals surface area contributed by atoms with Crippen molar-refractivity contribution in [1.29, 1.82) is 0 Å². The van der Waals surface area contributed by atoms with Crippen molar-refractivity contribution in [1.82, 2.24) is 0 Å². The van der Waals surface area contributed by atoms with E-state index in [1.54, 1.807) is 0 Å². The van der Waals surface area contributed by atoms with E-state index < -0.39 is 14.2 Å². The van der Waals surface area contributed by atoms with E-state index in [2.05, 4.69) is 0 Å². The zero-order valence-corrected chi connectivity index (χ0v) is 6.10. The maximum atomic E-state index is 10.4. The summed E-state index contributed by atoms with van der Waals surface area (Å²) in [4.78, 5) is 0. The molecule has 0 N–H and O–H groups in total. The standard InChI is InChI=1S/C6H4B2O4/c9-7(10)5-3-1-2-4-6(5)8(11)12/h1-4H/q-4. The monoisotopic (exact) mass is 162 g/mol. The number of hydrogen-bond acceptors (Lipinski definition) is 4. The second-order valence-electron chi connectivity index (χ2n) is 2.29. The molecule has 0 aliphatic rings. The Labute approximate surface area is 70.4 Å². The largest absolute Gasteiger partial charge is 0.889 e. The van der Waals surface area contributed by atoms with E-state index in [1.165, 1.54) is 24.3 Å². The molecule has 0 aromatic heterocycles. The van der Waals surface area contributed by atoms with Crippen LogP contribution >= 0.6 is 0 Å². The Bertz CT molecular complexity index is 236. The third-order valence-electron chi connectivity index (χ3n) is 1.50. The van der Waals surface area contributed by atoms with Crippen LogP contribution in [0.3, 0.4) is 0 Å². The summed E-state index contributed by atoms with van der Waals surface area (Å²) < 4.78 is 0. The highest BCUT2D eigenvalue weighted by atomic mass is 16.4. The van der Waals surface area contributed by atoms with Crippen LogP contribution in [0.5, 0.6) is 0 Å². The fourth-order valence-corrected chi connectivity index (χ4v) is 0.940. The summed E-state index contributed by atoms with van der Waals surface area (Å²) in [5.41, 5.74) is -0.486. The topological polar surface area (TPSA) is 92.2 Å². The molecular formula is C6H4B2O4-4. The van der Waals surface area contributed by atoms with Gasteiger partial charge in [-0.15, -0.1) is 10.9 Å². The van der Waals surface area contributed by atoms with Crippen LogP contribution in [0.2, 0.25) is 0 Å². The molecule has 12 heavy (non-hydrogen) atoms. The molecule has 0 unspecified atom stereocenters. The van der Waals surface area contributed by atoms with Crippen LogP contribution in [0, 0.1) is 0 Å². The van der Waals surface area contributed by atoms with Gasteiger partial charge in [-0.05, 0) is 0 Å². The van der Waals surface area contributed by atoms with E-state index in [1.807, 2.05) is 0 Å². The Morgan fingerprint density at radius 1 is 0.750 bits per heavy atom. The molecule has 0 aliphatic carbocycles. The minimum atomic E-state index is -2.26. The van der Waals surface area contributed by atoms with Crippen molar-refractivity contribution in [3.8, 4) is 0 Å². The molecule has 0 amide bonds. The van der Waals surface area contributed by atoms with E-state index in [4.69, 9.17) is 0 Å². The Morgan fingerprint density at radius 2 is 1.08 bits per heavy atom. The van der Waals surface area contributed by atoms with Crippen molar-refractivity contribution in [2.45, 2.75) is 0 Å². The fraction of sp³-hybridized carbons (Fsp3) is 0. The predicted molar refractivity (Wildman–Crippen MR) is 37.2 cm³/mol. The summed E-state index contributed by atoms with van der Waals surface area (Å²) in [6.45, 7) is 0. The zero-order valence-electron chi connectivity index (χ0n) is 6.10. The minimum Gasteiger partial charge on any atom is -0.889 e. The van der Waals surface area contributed by atoms with Crippen molar-refractivity contribution < 1.29 is 20.1 Å². The molecule has 0 heterocycles. The summed E-state index contributed by atoms with van der Waals surface area (Å²) in [6, 6.07) is 5.32. The van der Waals surface area contributed by atoms with Gasteiger partial charge in [-0.1, -0.05) is 38.5 Å². The van der Waals surface area contributed by atoms with Crippen LogP contribution < -0.4 is 31.0 Å². The average Bonchev–Trinajstić information content (AvgIpc) is 2.04. The van der Waals surface area contributed by atoms with Crippen LogP contribution in [-0.2, 0) is 0 Å². The Morgan fingerprint density at radius 3 is 1.33 bits per heavy atom. The van der Waals surface area contributed by atoms with E-state index in [0.29, 0.717) is 0 Å². The van der Waals surface area contributed by atoms with Gasteiger partial charge >= 0.3 is 0 Å². The first-order valence-electron chi connectivity index (χ1n) is 3.35. The lowest BCUT2D eigenvalue weighted by Crippen LogP contribution is -2.68. The van der Waals surface area contributed by atoms with E-state index >= 15 is 0 Å². The smallest absolute Gasteiger partial charge is 0.0630 e. The SMILES string of the molecule is [O-]B([O-])c1ccccc1B([O-])[O-]. The first-order chi connectivity index (χ1) is 5.63. The summed E-state index contributed by atoms with van der Waals surface area (Å²) in [6.07, 6.45) is 0. The quantitative estimate of drug-likeness (QED) is 0.405. The molecule has 0 bridgehead atoms. The molecule has 0 saturated carbocycles. The van der Waals surface area contributed by atoms with Crippen LogP contribution in [-0.4, -0.2) is 14.2 Å². The average molecular weight is 162 g/mol. The van der Waals surface area contributed by atoms with Gasteiger partial charge in [-0.2, -0.15) is 0 Å². The van der Waals surface area contributed by atoms with Crippen molar-refractivity contribution in [3.05, 3.63) is 24.3 Å². The minimum absolute atomic E-state index is 0.243. The third kappa shape index (κ3) is 1.86. The molecule has 4 nitrogen and oxygen atoms in total. The van der Waals surface area contributed by atoms with Gasteiger partial charge in [0, 0.05) is 0 Å². The van der Waals surface area contributed by atoms with E-state index in [9.17, 15) is 20.1 Å². The number of benzene rings is 1. The Kier molecular flexibility index (Phi) is 2.88. The van der Waals surface area contributed by atoms with Gasteiger partial charge in [0.05, 0.1) is 0 Å². The van der Waals surface area contributed by atoms with Gasteiger partial charge in [-0.25, -0.2) is 0 Å². The van der Waals surface area contributed by atoms with Gasteiger partial charge < -0.3 is 20.1 Å². The highest BCUT2D eigenvalue weighted by Gasteiger charge is 1.93. The molecule has 1 aromatic rings. The van der Waals surface area contributed by atoms with Crippen LogP contribution in [0.15, 0.2) is 24.3 Å². The zero-order chi connectivity index (χ0) is 9.14.